The molecule has 0 unspecified atom stereocenters. The number of anilines is 1. The summed E-state index contributed by atoms with van der Waals surface area (Å²) in [5.74, 6) is -0.654. The molecular weight excluding hydrogens is 395 g/mol. The summed E-state index contributed by atoms with van der Waals surface area (Å²) < 4.78 is 14.1. The van der Waals surface area contributed by atoms with Crippen LogP contribution in [0.2, 0.25) is 5.02 Å². The fraction of sp³-hybridized carbons (Fsp3) is 0.143. The second kappa shape index (κ2) is 7.02. The molecular formula is C21H16ClFN4O2. The Kier molecular flexibility index (Phi) is 4.34. The van der Waals surface area contributed by atoms with E-state index in [9.17, 15) is 9.18 Å². The van der Waals surface area contributed by atoms with Gasteiger partial charge in [-0.05, 0) is 24.3 Å². The lowest BCUT2D eigenvalue weighted by Crippen LogP contribution is -2.27. The minimum atomic E-state index is -0.354. The molecule has 3 aromatic rings. The van der Waals surface area contributed by atoms with E-state index >= 15 is 0 Å². The number of hydroxylamine groups is 2. The van der Waals surface area contributed by atoms with Crippen molar-refractivity contribution < 1.29 is 14.0 Å². The standard InChI is InChI=1S/C21H16ClFN4O2/c22-15-11-12(5-6-13(15)14-3-1-2-4-16(14)23)25-21(28)20-19(17-7-9-24-26-17)18-8-10-27(20)29-18/h1-7,9,11,18H,8,10H2,(H,24,26)(H,25,28)/t18-/m0/s1. The predicted molar refractivity (Wildman–Crippen MR) is 107 cm³/mol. The number of fused-ring (bicyclic) bond motifs is 2. The lowest BCUT2D eigenvalue weighted by molar-refractivity contribution is -0.123. The maximum absolute atomic E-state index is 14.1. The van der Waals surface area contributed by atoms with E-state index in [1.165, 1.54) is 6.07 Å². The topological polar surface area (TPSA) is 70.2 Å². The third-order valence-corrected chi connectivity index (χ3v) is 5.39. The second-order valence-electron chi connectivity index (χ2n) is 6.85. The van der Waals surface area contributed by atoms with Crippen LogP contribution in [0.5, 0.6) is 0 Å². The van der Waals surface area contributed by atoms with Gasteiger partial charge in [0.05, 0.1) is 10.7 Å². The number of aromatic nitrogens is 2. The van der Waals surface area contributed by atoms with Crippen molar-refractivity contribution >= 4 is 28.8 Å². The molecule has 8 heteroatoms. The summed E-state index contributed by atoms with van der Waals surface area (Å²) in [4.78, 5) is 18.8. The highest BCUT2D eigenvalue weighted by atomic mass is 35.5. The van der Waals surface area contributed by atoms with Crippen LogP contribution in [0.4, 0.5) is 10.1 Å². The van der Waals surface area contributed by atoms with E-state index in [1.807, 2.05) is 6.07 Å². The number of carbonyl (C=O) groups is 1. The first-order chi connectivity index (χ1) is 14.1. The first-order valence-electron chi connectivity index (χ1n) is 9.16. The fourth-order valence-electron chi connectivity index (χ4n) is 3.77. The summed E-state index contributed by atoms with van der Waals surface area (Å²) in [6.07, 6.45) is 2.29. The van der Waals surface area contributed by atoms with E-state index in [1.54, 1.807) is 47.7 Å². The summed E-state index contributed by atoms with van der Waals surface area (Å²) >= 11 is 6.37. The van der Waals surface area contributed by atoms with Gasteiger partial charge in [-0.3, -0.25) is 14.7 Å². The second-order valence-corrected chi connectivity index (χ2v) is 7.25. The van der Waals surface area contributed by atoms with E-state index in [0.717, 1.165) is 17.7 Å². The zero-order chi connectivity index (χ0) is 20.0. The Morgan fingerprint density at radius 3 is 2.86 bits per heavy atom. The van der Waals surface area contributed by atoms with Crippen LogP contribution in [0.15, 0.2) is 60.4 Å². The molecule has 1 amide bonds. The molecule has 0 radical (unpaired) electrons. The molecule has 2 bridgehead atoms. The summed E-state index contributed by atoms with van der Waals surface area (Å²) in [5, 5.41) is 11.7. The van der Waals surface area contributed by atoms with Crippen molar-refractivity contribution in [2.45, 2.75) is 12.5 Å². The molecule has 2 aromatic carbocycles. The third kappa shape index (κ3) is 3.08. The number of hydrogen-bond acceptors (Lipinski definition) is 4. The number of nitrogens with one attached hydrogen (secondary N) is 2. The van der Waals surface area contributed by atoms with Gasteiger partial charge in [-0.1, -0.05) is 35.9 Å². The molecule has 6 nitrogen and oxygen atoms in total. The smallest absolute Gasteiger partial charge is 0.274 e. The molecule has 5 rings (SSSR count). The van der Waals surface area contributed by atoms with Crippen molar-refractivity contribution in [1.29, 1.82) is 0 Å². The summed E-state index contributed by atoms with van der Waals surface area (Å²) in [6.45, 7) is 0.651. The van der Waals surface area contributed by atoms with Gasteiger partial charge >= 0.3 is 0 Å². The summed E-state index contributed by atoms with van der Waals surface area (Å²) in [6, 6.07) is 13.2. The number of H-pyrrole nitrogens is 1. The van der Waals surface area contributed by atoms with Crippen molar-refractivity contribution in [1.82, 2.24) is 15.3 Å². The predicted octanol–water partition coefficient (Wildman–Crippen LogP) is 4.24. The van der Waals surface area contributed by atoms with Crippen molar-refractivity contribution in [3.05, 3.63) is 77.0 Å². The molecule has 2 aliphatic rings. The van der Waals surface area contributed by atoms with Crippen LogP contribution in [-0.2, 0) is 9.63 Å². The number of hydrogen-bond donors (Lipinski definition) is 2. The molecule has 2 aliphatic heterocycles. The lowest BCUT2D eigenvalue weighted by atomic mass is 9.99. The quantitative estimate of drug-likeness (QED) is 0.675. The summed E-state index contributed by atoms with van der Waals surface area (Å²) in [7, 11) is 0. The Morgan fingerprint density at radius 1 is 1.24 bits per heavy atom. The molecule has 0 spiro atoms. The zero-order valence-electron chi connectivity index (χ0n) is 15.2. The highest BCUT2D eigenvalue weighted by Crippen LogP contribution is 2.40. The molecule has 1 fully saturated rings. The van der Waals surface area contributed by atoms with Gasteiger partial charge < -0.3 is 5.32 Å². The van der Waals surface area contributed by atoms with Crippen LogP contribution >= 0.6 is 11.6 Å². The Hall–Kier alpha value is -3.16. The van der Waals surface area contributed by atoms with Gasteiger partial charge in [0.1, 0.15) is 17.6 Å². The van der Waals surface area contributed by atoms with E-state index < -0.39 is 0 Å². The van der Waals surface area contributed by atoms with Crippen molar-refractivity contribution in [2.24, 2.45) is 0 Å². The van der Waals surface area contributed by atoms with Gasteiger partial charge in [0.15, 0.2) is 0 Å². The first kappa shape index (κ1) is 17.9. The van der Waals surface area contributed by atoms with Crippen LogP contribution in [0.3, 0.4) is 0 Å². The average Bonchev–Trinajstić information content (AvgIpc) is 3.46. The number of benzene rings is 2. The van der Waals surface area contributed by atoms with Gasteiger partial charge in [0, 0.05) is 41.5 Å². The monoisotopic (exact) mass is 410 g/mol. The molecule has 0 saturated carbocycles. The SMILES string of the molecule is O=C(Nc1ccc(-c2ccccc2F)c(Cl)c1)C1=C(c2ccn[nH]2)[C@@H]2CCN1O2. The van der Waals surface area contributed by atoms with Crippen molar-refractivity contribution in [3.63, 3.8) is 0 Å². The molecule has 146 valence electrons. The minimum absolute atomic E-state index is 0.164. The van der Waals surface area contributed by atoms with Crippen LogP contribution in [0, 0.1) is 5.82 Å². The lowest BCUT2D eigenvalue weighted by Gasteiger charge is -2.18. The molecule has 29 heavy (non-hydrogen) atoms. The Bertz CT molecular complexity index is 1130. The Balaban J connectivity index is 1.44. The highest BCUT2D eigenvalue weighted by molar-refractivity contribution is 6.33. The number of aromatic amines is 1. The van der Waals surface area contributed by atoms with Gasteiger partial charge in [-0.25, -0.2) is 9.45 Å². The largest absolute Gasteiger partial charge is 0.321 e. The Labute approximate surface area is 170 Å². The number of carbonyl (C=O) groups excluding carboxylic acids is 1. The van der Waals surface area contributed by atoms with E-state index in [4.69, 9.17) is 16.4 Å². The van der Waals surface area contributed by atoms with E-state index in [-0.39, 0.29) is 17.8 Å². The molecule has 1 aromatic heterocycles. The molecule has 3 heterocycles. The van der Waals surface area contributed by atoms with Crippen LogP contribution < -0.4 is 5.32 Å². The highest BCUT2D eigenvalue weighted by Gasteiger charge is 2.43. The fourth-order valence-corrected chi connectivity index (χ4v) is 4.05. The maximum atomic E-state index is 14.1. The van der Waals surface area contributed by atoms with Gasteiger partial charge in [0.2, 0.25) is 0 Å². The maximum Gasteiger partial charge on any atom is 0.274 e. The molecule has 2 N–H and O–H groups in total. The van der Waals surface area contributed by atoms with E-state index in [0.29, 0.717) is 34.1 Å². The summed E-state index contributed by atoms with van der Waals surface area (Å²) in [5.41, 5.74) is 3.50. The van der Waals surface area contributed by atoms with Crippen molar-refractivity contribution in [3.8, 4) is 11.1 Å². The number of amides is 1. The molecule has 1 saturated heterocycles. The number of halogens is 2. The van der Waals surface area contributed by atoms with E-state index in [2.05, 4.69) is 15.5 Å². The normalized spacial score (nSPS) is 17.9. The van der Waals surface area contributed by atoms with Gasteiger partial charge in [-0.15, -0.1) is 0 Å². The number of rotatable bonds is 4. The van der Waals surface area contributed by atoms with Crippen LogP contribution in [0.1, 0.15) is 12.1 Å². The zero-order valence-corrected chi connectivity index (χ0v) is 15.9. The van der Waals surface area contributed by atoms with Crippen LogP contribution in [0.25, 0.3) is 16.7 Å². The van der Waals surface area contributed by atoms with Gasteiger partial charge in [0.25, 0.3) is 5.91 Å². The first-order valence-corrected chi connectivity index (χ1v) is 9.53. The molecule has 0 aliphatic carbocycles. The minimum Gasteiger partial charge on any atom is -0.321 e. The van der Waals surface area contributed by atoms with Gasteiger partial charge in [-0.2, -0.15) is 5.10 Å². The average molecular weight is 411 g/mol. The van der Waals surface area contributed by atoms with Crippen LogP contribution in [-0.4, -0.2) is 33.8 Å². The number of nitrogens with zero attached hydrogens (tertiary/aromatic N) is 2. The molecule has 1 atom stereocenters. The third-order valence-electron chi connectivity index (χ3n) is 5.07. The Morgan fingerprint density at radius 2 is 2.10 bits per heavy atom. The van der Waals surface area contributed by atoms with Crippen molar-refractivity contribution in [2.75, 3.05) is 11.9 Å².